The lowest BCUT2D eigenvalue weighted by atomic mass is 10.1. The van der Waals surface area contributed by atoms with Gasteiger partial charge < -0.3 is 4.74 Å². The Bertz CT molecular complexity index is 724. The summed E-state index contributed by atoms with van der Waals surface area (Å²) >= 11 is 3.20. The smallest absolute Gasteiger partial charge is 0.206 e. The molecule has 102 valence electrons. The Hall–Kier alpha value is -1.65. The van der Waals surface area contributed by atoms with Gasteiger partial charge in [0.15, 0.2) is 0 Å². The van der Waals surface area contributed by atoms with Crippen molar-refractivity contribution in [3.8, 4) is 5.75 Å². The molecule has 4 heteroatoms. The number of hydrogen-bond donors (Lipinski definition) is 0. The van der Waals surface area contributed by atoms with Crippen LogP contribution in [0, 0.1) is 0 Å². The molecule has 3 rings (SSSR count). The number of thiophene rings is 2. The second-order valence-electron chi connectivity index (χ2n) is 4.75. The Kier molecular flexibility index (Phi) is 3.59. The highest BCUT2D eigenvalue weighted by atomic mass is 32.1. The number of hydrogen-bond acceptors (Lipinski definition) is 4. The summed E-state index contributed by atoms with van der Waals surface area (Å²) in [5.41, 5.74) is 0.634. The van der Waals surface area contributed by atoms with Crippen LogP contribution < -0.4 is 4.74 Å². The number of carbonyl (C=O) groups excluding carboxylic acids is 1. The zero-order valence-electron chi connectivity index (χ0n) is 11.3. The maximum Gasteiger partial charge on any atom is 0.206 e. The summed E-state index contributed by atoms with van der Waals surface area (Å²) in [7, 11) is 0. The molecule has 0 radical (unpaired) electrons. The van der Waals surface area contributed by atoms with Crippen LogP contribution in [0.25, 0.3) is 9.40 Å². The summed E-state index contributed by atoms with van der Waals surface area (Å²) in [6, 6.07) is 11.5. The van der Waals surface area contributed by atoms with Crippen molar-refractivity contribution < 1.29 is 9.53 Å². The highest BCUT2D eigenvalue weighted by Gasteiger charge is 2.17. The summed E-state index contributed by atoms with van der Waals surface area (Å²) < 4.78 is 8.06. The van der Waals surface area contributed by atoms with Crippen LogP contribution >= 0.6 is 22.7 Å². The molecule has 2 aromatic heterocycles. The van der Waals surface area contributed by atoms with Crippen molar-refractivity contribution in [3.63, 3.8) is 0 Å². The van der Waals surface area contributed by atoms with Crippen LogP contribution in [-0.4, -0.2) is 11.9 Å². The number of ketones is 1. The minimum Gasteiger partial charge on any atom is -0.490 e. The first-order valence-electron chi connectivity index (χ1n) is 6.42. The van der Waals surface area contributed by atoms with E-state index in [1.165, 1.54) is 20.7 Å². The summed E-state index contributed by atoms with van der Waals surface area (Å²) in [5.74, 6) is 0.693. The molecule has 3 aromatic rings. The number of ether oxygens (including phenoxy) is 1. The van der Waals surface area contributed by atoms with Crippen molar-refractivity contribution in [1.29, 1.82) is 0 Å². The van der Waals surface area contributed by atoms with Crippen LogP contribution in [0.15, 0.2) is 41.8 Å². The van der Waals surface area contributed by atoms with Gasteiger partial charge in [-0.3, -0.25) is 4.79 Å². The fourth-order valence-electron chi connectivity index (χ4n) is 2.02. The first kappa shape index (κ1) is 13.3. The van der Waals surface area contributed by atoms with Crippen molar-refractivity contribution in [3.05, 3.63) is 52.2 Å². The Morgan fingerprint density at radius 3 is 2.70 bits per heavy atom. The fraction of sp³-hybridized carbons (Fsp3) is 0.188. The summed E-state index contributed by atoms with van der Waals surface area (Å²) in [6.07, 6.45) is 0.0516. The average Bonchev–Trinajstić information content (AvgIpc) is 2.98. The van der Waals surface area contributed by atoms with Crippen LogP contribution in [0.1, 0.15) is 29.1 Å². The third-order valence-corrected chi connectivity index (χ3v) is 4.95. The van der Waals surface area contributed by atoms with E-state index >= 15 is 0 Å². The number of fused-ring (bicyclic) bond motifs is 1. The van der Waals surface area contributed by atoms with E-state index in [9.17, 15) is 4.79 Å². The van der Waals surface area contributed by atoms with E-state index in [4.69, 9.17) is 4.74 Å². The zero-order chi connectivity index (χ0) is 14.1. The van der Waals surface area contributed by atoms with Crippen molar-refractivity contribution in [2.45, 2.75) is 20.0 Å². The quantitative estimate of drug-likeness (QED) is 0.635. The standard InChI is InChI=1S/C16H14O2S2/c1-10(2)18-12-6-4-3-5-11(12)16(17)15-9-14-13(20-15)7-8-19-14/h3-10H,1-2H3. The highest BCUT2D eigenvalue weighted by Crippen LogP contribution is 2.33. The molecule has 0 N–H and O–H groups in total. The Balaban J connectivity index is 1.99. The van der Waals surface area contributed by atoms with Crippen LogP contribution in [0.5, 0.6) is 5.75 Å². The topological polar surface area (TPSA) is 26.3 Å². The van der Waals surface area contributed by atoms with Crippen LogP contribution in [0.4, 0.5) is 0 Å². The number of carbonyl (C=O) groups is 1. The number of para-hydroxylation sites is 1. The molecule has 0 aliphatic carbocycles. The molecule has 0 aliphatic heterocycles. The first-order valence-corrected chi connectivity index (χ1v) is 8.12. The van der Waals surface area contributed by atoms with E-state index in [-0.39, 0.29) is 11.9 Å². The lowest BCUT2D eigenvalue weighted by Crippen LogP contribution is -2.10. The van der Waals surface area contributed by atoms with E-state index < -0.39 is 0 Å². The van der Waals surface area contributed by atoms with Gasteiger partial charge >= 0.3 is 0 Å². The van der Waals surface area contributed by atoms with Crippen molar-refractivity contribution in [2.75, 3.05) is 0 Å². The van der Waals surface area contributed by atoms with Crippen molar-refractivity contribution in [1.82, 2.24) is 0 Å². The molecule has 0 amide bonds. The van der Waals surface area contributed by atoms with Gasteiger partial charge in [-0.05, 0) is 43.5 Å². The molecule has 1 aromatic carbocycles. The molecule has 0 bridgehead atoms. The van der Waals surface area contributed by atoms with Gasteiger partial charge in [-0.15, -0.1) is 22.7 Å². The molecule has 0 unspecified atom stereocenters. The lowest BCUT2D eigenvalue weighted by Gasteiger charge is -2.12. The minimum atomic E-state index is 0.0367. The van der Waals surface area contributed by atoms with E-state index in [0.29, 0.717) is 11.3 Å². The van der Waals surface area contributed by atoms with Gasteiger partial charge in [0.2, 0.25) is 5.78 Å². The maximum atomic E-state index is 12.7. The molecule has 0 saturated carbocycles. The number of benzene rings is 1. The molecule has 0 spiro atoms. The van der Waals surface area contributed by atoms with Gasteiger partial charge in [0, 0.05) is 9.40 Å². The monoisotopic (exact) mass is 302 g/mol. The second-order valence-corrected chi connectivity index (χ2v) is 6.78. The van der Waals surface area contributed by atoms with Crippen molar-refractivity contribution in [2.24, 2.45) is 0 Å². The molecule has 20 heavy (non-hydrogen) atoms. The molecule has 0 saturated heterocycles. The zero-order valence-corrected chi connectivity index (χ0v) is 12.9. The second kappa shape index (κ2) is 5.38. The third-order valence-electron chi connectivity index (χ3n) is 2.86. The Labute approximate surface area is 125 Å². The maximum absolute atomic E-state index is 12.7. The van der Waals surface area contributed by atoms with Crippen molar-refractivity contribution >= 4 is 37.9 Å². The van der Waals surface area contributed by atoms with E-state index in [1.807, 2.05) is 49.6 Å². The molecule has 0 aliphatic rings. The molecule has 2 nitrogen and oxygen atoms in total. The van der Waals surface area contributed by atoms with Crippen LogP contribution in [0.3, 0.4) is 0 Å². The summed E-state index contributed by atoms with van der Waals surface area (Å²) in [4.78, 5) is 13.4. The summed E-state index contributed by atoms with van der Waals surface area (Å²) in [5, 5.41) is 2.05. The van der Waals surface area contributed by atoms with E-state index in [1.54, 1.807) is 11.3 Å². The first-order chi connectivity index (χ1) is 9.65. The Morgan fingerprint density at radius 1 is 1.15 bits per heavy atom. The predicted octanol–water partition coefficient (Wildman–Crippen LogP) is 4.98. The Morgan fingerprint density at radius 2 is 1.95 bits per heavy atom. The van der Waals surface area contributed by atoms with E-state index in [2.05, 4.69) is 6.07 Å². The molecule has 2 heterocycles. The predicted molar refractivity (Wildman–Crippen MR) is 85.3 cm³/mol. The molecular weight excluding hydrogens is 288 g/mol. The van der Waals surface area contributed by atoms with Crippen LogP contribution in [-0.2, 0) is 0 Å². The largest absolute Gasteiger partial charge is 0.490 e. The van der Waals surface area contributed by atoms with Gasteiger partial charge in [0.1, 0.15) is 5.75 Å². The van der Waals surface area contributed by atoms with Gasteiger partial charge in [0.05, 0.1) is 16.5 Å². The third kappa shape index (κ3) is 2.49. The van der Waals surface area contributed by atoms with Gasteiger partial charge in [0.25, 0.3) is 0 Å². The number of rotatable bonds is 4. The molecule has 0 atom stereocenters. The average molecular weight is 302 g/mol. The van der Waals surface area contributed by atoms with Gasteiger partial charge in [-0.2, -0.15) is 0 Å². The van der Waals surface area contributed by atoms with E-state index in [0.717, 1.165) is 4.88 Å². The van der Waals surface area contributed by atoms with Gasteiger partial charge in [-0.1, -0.05) is 12.1 Å². The van der Waals surface area contributed by atoms with Crippen LogP contribution in [0.2, 0.25) is 0 Å². The molecular formula is C16H14O2S2. The SMILES string of the molecule is CC(C)Oc1ccccc1C(=O)c1cc2sccc2s1. The normalized spacial score (nSPS) is 11.2. The minimum absolute atomic E-state index is 0.0367. The highest BCUT2D eigenvalue weighted by molar-refractivity contribution is 7.28. The fourth-order valence-corrected chi connectivity index (χ4v) is 4.08. The van der Waals surface area contributed by atoms with Gasteiger partial charge in [-0.25, -0.2) is 0 Å². The lowest BCUT2D eigenvalue weighted by molar-refractivity contribution is 0.103. The summed E-state index contributed by atoms with van der Waals surface area (Å²) in [6.45, 7) is 3.92. The molecule has 0 fully saturated rings.